The number of aromatic nitrogens is 2. The molecule has 3 aromatic rings. The molecule has 4 nitrogen and oxygen atoms in total. The van der Waals surface area contributed by atoms with Crippen LogP contribution < -0.4 is 5.32 Å². The van der Waals surface area contributed by atoms with Crippen molar-refractivity contribution in [3.8, 4) is 0 Å². The van der Waals surface area contributed by atoms with Crippen molar-refractivity contribution in [1.29, 1.82) is 0 Å². The zero-order chi connectivity index (χ0) is 15.5. The van der Waals surface area contributed by atoms with E-state index in [-0.39, 0.29) is 5.91 Å². The lowest BCUT2D eigenvalue weighted by molar-refractivity contribution is 0.102. The van der Waals surface area contributed by atoms with Crippen LogP contribution in [0.5, 0.6) is 0 Å². The number of carbonyl (C=O) groups excluding carboxylic acids is 1. The number of nitrogens with one attached hydrogen (secondary N) is 1. The van der Waals surface area contributed by atoms with Gasteiger partial charge in [0.25, 0.3) is 5.91 Å². The highest BCUT2D eigenvalue weighted by atomic mass is 79.9. The summed E-state index contributed by atoms with van der Waals surface area (Å²) in [7, 11) is 0. The predicted molar refractivity (Wildman–Crippen MR) is 92.5 cm³/mol. The van der Waals surface area contributed by atoms with Gasteiger partial charge in [-0.3, -0.25) is 4.79 Å². The maximum atomic E-state index is 12.4. The highest BCUT2D eigenvalue weighted by molar-refractivity contribution is 9.10. The van der Waals surface area contributed by atoms with Crippen molar-refractivity contribution in [2.24, 2.45) is 0 Å². The Morgan fingerprint density at radius 2 is 2.18 bits per heavy atom. The Bertz CT molecular complexity index is 809. The highest BCUT2D eigenvalue weighted by Gasteiger charge is 2.12. The number of rotatable bonds is 4. The fourth-order valence-corrected chi connectivity index (χ4v) is 3.59. The summed E-state index contributed by atoms with van der Waals surface area (Å²) >= 11 is 5.10. The van der Waals surface area contributed by atoms with Gasteiger partial charge in [0, 0.05) is 26.4 Å². The normalized spacial score (nSPS) is 10.6. The largest absolute Gasteiger partial charge is 0.307 e. The van der Waals surface area contributed by atoms with Gasteiger partial charge in [0.05, 0.1) is 12.7 Å². The van der Waals surface area contributed by atoms with Gasteiger partial charge in [0.2, 0.25) is 0 Å². The molecule has 3 rings (SSSR count). The Hall–Kier alpha value is -1.92. The minimum Gasteiger partial charge on any atom is -0.307 e. The molecule has 1 amide bonds. The molecule has 0 saturated carbocycles. The van der Waals surface area contributed by atoms with Crippen LogP contribution in [0.1, 0.15) is 20.8 Å². The molecular formula is C16H14BrN3OS. The zero-order valence-electron chi connectivity index (χ0n) is 11.9. The molecule has 0 aliphatic carbocycles. The van der Waals surface area contributed by atoms with E-state index in [4.69, 9.17) is 0 Å². The lowest BCUT2D eigenvalue weighted by Gasteiger charge is -2.09. The molecule has 2 heterocycles. The fraction of sp³-hybridized carbons (Fsp3) is 0.125. The SMILES string of the molecule is Cc1ccccc1C(=O)Nc1ccnn1Cc1cc(Br)cs1. The number of carbonyl (C=O) groups is 1. The van der Waals surface area contributed by atoms with Crippen LogP contribution in [-0.4, -0.2) is 15.7 Å². The second-order valence-electron chi connectivity index (χ2n) is 4.87. The van der Waals surface area contributed by atoms with Crippen molar-refractivity contribution in [2.75, 3.05) is 5.32 Å². The molecule has 0 radical (unpaired) electrons. The van der Waals surface area contributed by atoms with Crippen LogP contribution >= 0.6 is 27.3 Å². The maximum Gasteiger partial charge on any atom is 0.257 e. The van der Waals surface area contributed by atoms with E-state index in [1.54, 1.807) is 28.3 Å². The number of amides is 1. The van der Waals surface area contributed by atoms with Crippen LogP contribution in [0.15, 0.2) is 52.4 Å². The van der Waals surface area contributed by atoms with Crippen LogP contribution in [0.3, 0.4) is 0 Å². The summed E-state index contributed by atoms with van der Waals surface area (Å²) in [5.74, 6) is 0.574. The summed E-state index contributed by atoms with van der Waals surface area (Å²) in [6, 6.07) is 11.4. The monoisotopic (exact) mass is 375 g/mol. The number of halogens is 1. The second-order valence-corrected chi connectivity index (χ2v) is 6.79. The topological polar surface area (TPSA) is 46.9 Å². The number of hydrogen-bond donors (Lipinski definition) is 1. The van der Waals surface area contributed by atoms with E-state index in [1.165, 1.54) is 4.88 Å². The standard InChI is InChI=1S/C16H14BrN3OS/c1-11-4-2-3-5-14(11)16(21)19-15-6-7-18-20(15)9-13-8-12(17)10-22-13/h2-8,10H,9H2,1H3,(H,19,21). The van der Waals surface area contributed by atoms with Crippen molar-refractivity contribution in [2.45, 2.75) is 13.5 Å². The first kappa shape index (κ1) is 15.0. The number of hydrogen-bond acceptors (Lipinski definition) is 3. The molecule has 1 aromatic carbocycles. The van der Waals surface area contributed by atoms with Crippen LogP contribution in [0.2, 0.25) is 0 Å². The van der Waals surface area contributed by atoms with Crippen molar-refractivity contribution < 1.29 is 4.79 Å². The Labute approximate surface area is 140 Å². The average Bonchev–Trinajstić information content (AvgIpc) is 3.09. The first-order chi connectivity index (χ1) is 10.6. The van der Waals surface area contributed by atoms with E-state index < -0.39 is 0 Å². The Morgan fingerprint density at radius 1 is 1.36 bits per heavy atom. The van der Waals surface area contributed by atoms with Gasteiger partial charge in [0.15, 0.2) is 0 Å². The average molecular weight is 376 g/mol. The van der Waals surface area contributed by atoms with Crippen LogP contribution in [0.4, 0.5) is 5.82 Å². The molecule has 0 aliphatic rings. The molecule has 0 spiro atoms. The summed E-state index contributed by atoms with van der Waals surface area (Å²) in [6.45, 7) is 2.56. The summed E-state index contributed by atoms with van der Waals surface area (Å²) in [5, 5.41) is 9.24. The third kappa shape index (κ3) is 3.28. The molecule has 0 bridgehead atoms. The minimum atomic E-state index is -0.118. The number of nitrogens with zero attached hydrogens (tertiary/aromatic N) is 2. The van der Waals surface area contributed by atoms with E-state index >= 15 is 0 Å². The van der Waals surface area contributed by atoms with E-state index in [2.05, 4.69) is 32.4 Å². The Morgan fingerprint density at radius 3 is 2.91 bits per heavy atom. The molecular weight excluding hydrogens is 362 g/mol. The first-order valence-electron chi connectivity index (χ1n) is 6.75. The van der Waals surface area contributed by atoms with Crippen LogP contribution in [-0.2, 0) is 6.54 Å². The molecule has 1 N–H and O–H groups in total. The Balaban J connectivity index is 1.78. The van der Waals surface area contributed by atoms with Gasteiger partial charge < -0.3 is 5.32 Å². The van der Waals surface area contributed by atoms with Gasteiger partial charge in [0.1, 0.15) is 5.82 Å². The Kier molecular flexibility index (Phi) is 4.40. The van der Waals surface area contributed by atoms with Crippen molar-refractivity contribution >= 4 is 39.0 Å². The quantitative estimate of drug-likeness (QED) is 0.737. The van der Waals surface area contributed by atoms with Crippen LogP contribution in [0.25, 0.3) is 0 Å². The summed E-state index contributed by atoms with van der Waals surface area (Å²) in [4.78, 5) is 13.6. The third-order valence-electron chi connectivity index (χ3n) is 3.28. The maximum absolute atomic E-state index is 12.4. The van der Waals surface area contributed by atoms with E-state index in [0.717, 1.165) is 10.0 Å². The lowest BCUT2D eigenvalue weighted by Crippen LogP contribution is -2.16. The van der Waals surface area contributed by atoms with Gasteiger partial charge in [-0.25, -0.2) is 4.68 Å². The fourth-order valence-electron chi connectivity index (χ4n) is 2.16. The van der Waals surface area contributed by atoms with Crippen molar-refractivity contribution in [3.05, 3.63) is 68.5 Å². The minimum absolute atomic E-state index is 0.118. The van der Waals surface area contributed by atoms with Gasteiger partial charge >= 0.3 is 0 Å². The number of aryl methyl sites for hydroxylation is 1. The summed E-state index contributed by atoms with van der Waals surface area (Å²) in [6.07, 6.45) is 1.69. The molecule has 112 valence electrons. The smallest absolute Gasteiger partial charge is 0.257 e. The molecule has 0 atom stereocenters. The second kappa shape index (κ2) is 6.46. The number of thiophene rings is 1. The zero-order valence-corrected chi connectivity index (χ0v) is 14.3. The lowest BCUT2D eigenvalue weighted by atomic mass is 10.1. The van der Waals surface area contributed by atoms with E-state index in [1.807, 2.05) is 36.6 Å². The number of anilines is 1. The number of benzene rings is 1. The molecule has 2 aromatic heterocycles. The third-order valence-corrected chi connectivity index (χ3v) is 4.96. The van der Waals surface area contributed by atoms with Gasteiger partial charge in [-0.15, -0.1) is 11.3 Å². The first-order valence-corrected chi connectivity index (χ1v) is 8.42. The summed E-state index contributed by atoms with van der Waals surface area (Å²) < 4.78 is 2.85. The molecule has 22 heavy (non-hydrogen) atoms. The van der Waals surface area contributed by atoms with Crippen molar-refractivity contribution in [1.82, 2.24) is 9.78 Å². The molecule has 0 fully saturated rings. The predicted octanol–water partition coefficient (Wildman–Crippen LogP) is 4.32. The highest BCUT2D eigenvalue weighted by Crippen LogP contribution is 2.22. The van der Waals surface area contributed by atoms with E-state index in [0.29, 0.717) is 17.9 Å². The van der Waals surface area contributed by atoms with Crippen molar-refractivity contribution in [3.63, 3.8) is 0 Å². The van der Waals surface area contributed by atoms with Crippen LogP contribution in [0, 0.1) is 6.92 Å². The molecule has 6 heteroatoms. The van der Waals surface area contributed by atoms with Gasteiger partial charge in [-0.1, -0.05) is 18.2 Å². The summed E-state index contributed by atoms with van der Waals surface area (Å²) in [5.41, 5.74) is 1.63. The molecule has 0 saturated heterocycles. The van der Waals surface area contributed by atoms with Gasteiger partial charge in [-0.05, 0) is 40.5 Å². The van der Waals surface area contributed by atoms with Gasteiger partial charge in [-0.2, -0.15) is 5.10 Å². The molecule has 0 aliphatic heterocycles. The molecule has 0 unspecified atom stereocenters. The van der Waals surface area contributed by atoms with E-state index in [9.17, 15) is 4.79 Å².